The molecule has 1 amide bonds. The molecule has 1 aliphatic heterocycles. The number of likely N-dealkylation sites (tertiary alicyclic amines) is 1. The molecule has 0 aliphatic carbocycles. The number of amides is 1. The minimum absolute atomic E-state index is 0.00856. The van der Waals surface area contributed by atoms with Crippen LogP contribution in [-0.4, -0.2) is 52.8 Å². The Balaban J connectivity index is 1.77. The number of benzene rings is 1. The number of rotatable bonds is 6. The molecule has 2 atom stereocenters. The molecule has 2 heterocycles. The largest absolute Gasteiger partial charge is 0.497 e. The molecule has 0 bridgehead atoms. The number of carbonyl (C=O) groups excluding carboxylic acids is 1. The van der Waals surface area contributed by atoms with Gasteiger partial charge in [-0.1, -0.05) is 0 Å². The van der Waals surface area contributed by atoms with E-state index in [2.05, 4.69) is 20.4 Å². The molecule has 2 aromatic rings. The molecule has 1 aliphatic rings. The van der Waals surface area contributed by atoms with Crippen LogP contribution in [0.1, 0.15) is 25.8 Å². The lowest BCUT2D eigenvalue weighted by molar-refractivity contribution is -0.126. The number of aromatic nitrogens is 2. The molecule has 1 aromatic heterocycles. The van der Waals surface area contributed by atoms with E-state index in [0.717, 1.165) is 22.6 Å². The number of methoxy groups -OCH3 is 1. The van der Waals surface area contributed by atoms with Gasteiger partial charge < -0.3 is 15.8 Å². The van der Waals surface area contributed by atoms with E-state index in [1.165, 1.54) is 0 Å². The van der Waals surface area contributed by atoms with Crippen LogP contribution in [-0.2, 0) is 11.3 Å². The minimum atomic E-state index is -0.203. The molecule has 1 fully saturated rings. The van der Waals surface area contributed by atoms with Crippen LogP contribution in [0.2, 0.25) is 0 Å². The first-order valence-corrected chi connectivity index (χ1v) is 8.94. The summed E-state index contributed by atoms with van der Waals surface area (Å²) < 4.78 is 5.22. The van der Waals surface area contributed by atoms with E-state index in [4.69, 9.17) is 10.5 Å². The summed E-state index contributed by atoms with van der Waals surface area (Å²) in [6.45, 7) is 5.26. The lowest BCUT2D eigenvalue weighted by Gasteiger charge is -2.24. The van der Waals surface area contributed by atoms with E-state index in [1.807, 2.05) is 44.3 Å². The monoisotopic (exact) mass is 357 g/mol. The molecule has 7 nitrogen and oxygen atoms in total. The molecular formula is C19H27N5O2. The quantitative estimate of drug-likeness (QED) is 0.728. The predicted octanol–water partition coefficient (Wildman–Crippen LogP) is 1.51. The second kappa shape index (κ2) is 7.88. The molecule has 7 heteroatoms. The predicted molar refractivity (Wildman–Crippen MR) is 101 cm³/mol. The molecule has 4 N–H and O–H groups in total. The number of nitrogens with two attached hydrogens (primary N) is 1. The van der Waals surface area contributed by atoms with Gasteiger partial charge in [-0.15, -0.1) is 0 Å². The summed E-state index contributed by atoms with van der Waals surface area (Å²) in [5, 5.41) is 10.3. The third kappa shape index (κ3) is 4.05. The number of nitrogens with zero attached hydrogens (tertiary/aromatic N) is 2. The van der Waals surface area contributed by atoms with Gasteiger partial charge in [0.25, 0.3) is 0 Å². The second-order valence-corrected chi connectivity index (χ2v) is 7.10. The van der Waals surface area contributed by atoms with Crippen LogP contribution < -0.4 is 15.8 Å². The normalized spacial score (nSPS) is 20.5. The van der Waals surface area contributed by atoms with Crippen molar-refractivity contribution in [2.45, 2.75) is 44.9 Å². The summed E-state index contributed by atoms with van der Waals surface area (Å²) in [6, 6.07) is 7.75. The Hall–Kier alpha value is -2.38. The Morgan fingerprint density at radius 1 is 1.42 bits per heavy atom. The number of ether oxygens (including phenoxy) is 1. The maximum absolute atomic E-state index is 12.5. The fraction of sp³-hybridized carbons (Fsp3) is 0.474. The summed E-state index contributed by atoms with van der Waals surface area (Å²) in [5.41, 5.74) is 9.17. The fourth-order valence-electron chi connectivity index (χ4n) is 3.42. The zero-order valence-electron chi connectivity index (χ0n) is 15.5. The number of hydrogen-bond donors (Lipinski definition) is 3. The van der Waals surface area contributed by atoms with E-state index in [9.17, 15) is 4.79 Å². The van der Waals surface area contributed by atoms with Crippen molar-refractivity contribution in [3.8, 4) is 17.0 Å². The first kappa shape index (κ1) is 18.4. The van der Waals surface area contributed by atoms with Crippen LogP contribution in [0.5, 0.6) is 5.75 Å². The smallest absolute Gasteiger partial charge is 0.237 e. The highest BCUT2D eigenvalue weighted by molar-refractivity contribution is 5.82. The molecule has 3 rings (SSSR count). The summed E-state index contributed by atoms with van der Waals surface area (Å²) in [5.74, 6) is 0.855. The van der Waals surface area contributed by atoms with Gasteiger partial charge in [0.2, 0.25) is 5.91 Å². The van der Waals surface area contributed by atoms with E-state index in [1.54, 1.807) is 7.11 Å². The molecule has 26 heavy (non-hydrogen) atoms. The SMILES string of the molecule is COc1ccc(-c2[nH]ncc2CN2C[C@@H](N)C[C@H]2C(=O)NC(C)C)cc1. The highest BCUT2D eigenvalue weighted by atomic mass is 16.5. The second-order valence-electron chi connectivity index (χ2n) is 7.10. The average Bonchev–Trinajstić information content (AvgIpc) is 3.21. The summed E-state index contributed by atoms with van der Waals surface area (Å²) in [7, 11) is 1.65. The molecule has 1 saturated heterocycles. The Bertz CT molecular complexity index is 741. The molecule has 0 saturated carbocycles. The van der Waals surface area contributed by atoms with Gasteiger partial charge in [0.05, 0.1) is 25.0 Å². The summed E-state index contributed by atoms with van der Waals surface area (Å²) in [6.07, 6.45) is 2.50. The standard InChI is InChI=1S/C19H27N5O2/c1-12(2)22-19(25)17-8-15(20)11-24(17)10-14-9-21-23-18(14)13-4-6-16(26-3)7-5-13/h4-7,9,12,15,17H,8,10-11,20H2,1-3H3,(H,21,23)(H,22,25)/t15-,17-/m0/s1. The van der Waals surface area contributed by atoms with Crippen molar-refractivity contribution in [2.24, 2.45) is 5.73 Å². The highest BCUT2D eigenvalue weighted by Gasteiger charge is 2.35. The van der Waals surface area contributed by atoms with Crippen LogP contribution in [0, 0.1) is 0 Å². The maximum atomic E-state index is 12.5. The number of H-pyrrole nitrogens is 1. The van der Waals surface area contributed by atoms with Gasteiger partial charge in [0.15, 0.2) is 0 Å². The van der Waals surface area contributed by atoms with Crippen LogP contribution in [0.25, 0.3) is 11.3 Å². The van der Waals surface area contributed by atoms with Crippen molar-refractivity contribution in [3.05, 3.63) is 36.0 Å². The maximum Gasteiger partial charge on any atom is 0.237 e. The third-order valence-corrected chi connectivity index (χ3v) is 4.64. The van der Waals surface area contributed by atoms with Gasteiger partial charge in [0, 0.05) is 36.3 Å². The molecular weight excluding hydrogens is 330 g/mol. The molecule has 1 aromatic carbocycles. The van der Waals surface area contributed by atoms with Crippen molar-refractivity contribution in [3.63, 3.8) is 0 Å². The average molecular weight is 357 g/mol. The third-order valence-electron chi connectivity index (χ3n) is 4.64. The lowest BCUT2D eigenvalue weighted by Crippen LogP contribution is -2.45. The van der Waals surface area contributed by atoms with Crippen molar-refractivity contribution in [1.82, 2.24) is 20.4 Å². The Labute approximate surface area is 153 Å². The van der Waals surface area contributed by atoms with Crippen molar-refractivity contribution in [2.75, 3.05) is 13.7 Å². The van der Waals surface area contributed by atoms with Crippen LogP contribution in [0.15, 0.2) is 30.5 Å². The number of hydrogen-bond acceptors (Lipinski definition) is 5. The number of aromatic amines is 1. The highest BCUT2D eigenvalue weighted by Crippen LogP contribution is 2.27. The van der Waals surface area contributed by atoms with Gasteiger partial charge in [0.1, 0.15) is 5.75 Å². The first-order valence-electron chi connectivity index (χ1n) is 8.94. The van der Waals surface area contributed by atoms with Gasteiger partial charge in [-0.05, 0) is 44.5 Å². The molecule has 140 valence electrons. The fourth-order valence-corrected chi connectivity index (χ4v) is 3.42. The lowest BCUT2D eigenvalue weighted by atomic mass is 10.1. The topological polar surface area (TPSA) is 96.3 Å². The van der Waals surface area contributed by atoms with Crippen molar-refractivity contribution >= 4 is 5.91 Å². The zero-order valence-corrected chi connectivity index (χ0v) is 15.5. The minimum Gasteiger partial charge on any atom is -0.497 e. The zero-order chi connectivity index (χ0) is 18.7. The van der Waals surface area contributed by atoms with Gasteiger partial charge in [-0.3, -0.25) is 14.8 Å². The Morgan fingerprint density at radius 2 is 2.15 bits per heavy atom. The van der Waals surface area contributed by atoms with Crippen molar-refractivity contribution < 1.29 is 9.53 Å². The molecule has 0 unspecified atom stereocenters. The van der Waals surface area contributed by atoms with E-state index >= 15 is 0 Å². The van der Waals surface area contributed by atoms with Gasteiger partial charge >= 0.3 is 0 Å². The first-order chi connectivity index (χ1) is 12.5. The molecule has 0 spiro atoms. The summed E-state index contributed by atoms with van der Waals surface area (Å²) >= 11 is 0. The van der Waals surface area contributed by atoms with Crippen LogP contribution in [0.4, 0.5) is 0 Å². The van der Waals surface area contributed by atoms with Crippen LogP contribution in [0.3, 0.4) is 0 Å². The molecule has 0 radical (unpaired) electrons. The van der Waals surface area contributed by atoms with Crippen LogP contribution >= 0.6 is 0 Å². The number of nitrogens with one attached hydrogen (secondary N) is 2. The van der Waals surface area contributed by atoms with Gasteiger partial charge in [-0.25, -0.2) is 0 Å². The van der Waals surface area contributed by atoms with E-state index in [0.29, 0.717) is 19.5 Å². The van der Waals surface area contributed by atoms with E-state index < -0.39 is 0 Å². The Morgan fingerprint density at radius 3 is 2.81 bits per heavy atom. The van der Waals surface area contributed by atoms with E-state index in [-0.39, 0.29) is 24.0 Å². The summed E-state index contributed by atoms with van der Waals surface area (Å²) in [4.78, 5) is 14.7. The number of carbonyl (C=O) groups is 1. The van der Waals surface area contributed by atoms with Crippen molar-refractivity contribution in [1.29, 1.82) is 0 Å². The Kier molecular flexibility index (Phi) is 5.58. The van der Waals surface area contributed by atoms with Gasteiger partial charge in [-0.2, -0.15) is 5.10 Å².